The Hall–Kier alpha value is -2.72. The molecule has 0 radical (unpaired) electrons. The molecule has 1 N–H and O–H groups in total. The molecule has 1 aliphatic carbocycles. The number of hydrogen-bond donors (Lipinski definition) is 1. The van der Waals surface area contributed by atoms with Gasteiger partial charge in [-0.1, -0.05) is 25.0 Å². The van der Waals surface area contributed by atoms with Crippen LogP contribution in [0.3, 0.4) is 0 Å². The lowest BCUT2D eigenvalue weighted by Crippen LogP contribution is -2.48. The van der Waals surface area contributed by atoms with Crippen molar-refractivity contribution in [1.29, 1.82) is 0 Å². The summed E-state index contributed by atoms with van der Waals surface area (Å²) in [5, 5.41) is 4.54. The highest BCUT2D eigenvalue weighted by Crippen LogP contribution is 2.29. The fourth-order valence-electron chi connectivity index (χ4n) is 4.49. The Labute approximate surface area is 196 Å². The van der Waals surface area contributed by atoms with E-state index in [1.54, 1.807) is 40.6 Å². The van der Waals surface area contributed by atoms with Crippen LogP contribution in [0.4, 0.5) is 5.69 Å². The van der Waals surface area contributed by atoms with Crippen LogP contribution < -0.4 is 5.32 Å². The van der Waals surface area contributed by atoms with Crippen molar-refractivity contribution in [3.63, 3.8) is 0 Å². The zero-order valence-electron chi connectivity index (χ0n) is 18.1. The standard InChI is InChI=1S/C23H26N2O6S2/c26-21(25(18-7-1-2-8-18)19-10-12-33(29,30)15-19)14-31-23(28)16-5-3-6-17(13-16)24-22(27)20-9-4-11-32-20/h3-6,9,11,13,18-19H,1-2,7-8,10,12,14-15H2,(H,24,27). The van der Waals surface area contributed by atoms with E-state index in [-0.39, 0.29) is 41.0 Å². The summed E-state index contributed by atoms with van der Waals surface area (Å²) in [7, 11) is -3.14. The third-order valence-corrected chi connectivity index (χ3v) is 8.65. The van der Waals surface area contributed by atoms with Gasteiger partial charge in [0.15, 0.2) is 16.4 Å². The number of nitrogens with zero attached hydrogens (tertiary/aromatic N) is 1. The molecule has 1 aromatic carbocycles. The van der Waals surface area contributed by atoms with E-state index in [9.17, 15) is 22.8 Å². The lowest BCUT2D eigenvalue weighted by atomic mass is 10.1. The summed E-state index contributed by atoms with van der Waals surface area (Å²) in [6.07, 6.45) is 4.09. The second-order valence-electron chi connectivity index (χ2n) is 8.38. The van der Waals surface area contributed by atoms with Gasteiger partial charge in [0.05, 0.1) is 21.9 Å². The van der Waals surface area contributed by atoms with Crippen molar-refractivity contribution in [1.82, 2.24) is 4.90 Å². The number of thiophene rings is 1. The molecule has 4 rings (SSSR count). The maximum Gasteiger partial charge on any atom is 0.338 e. The molecule has 8 nitrogen and oxygen atoms in total. The van der Waals surface area contributed by atoms with E-state index in [1.165, 1.54) is 17.4 Å². The van der Waals surface area contributed by atoms with Crippen LogP contribution in [0, 0.1) is 0 Å². The molecule has 2 heterocycles. The van der Waals surface area contributed by atoms with Gasteiger partial charge >= 0.3 is 5.97 Å². The third kappa shape index (κ3) is 5.80. The third-order valence-electron chi connectivity index (χ3n) is 6.04. The number of sulfone groups is 1. The van der Waals surface area contributed by atoms with E-state index in [0.717, 1.165) is 25.7 Å². The van der Waals surface area contributed by atoms with Gasteiger partial charge in [0.25, 0.3) is 11.8 Å². The summed E-state index contributed by atoms with van der Waals surface area (Å²) in [6, 6.07) is 9.44. The van der Waals surface area contributed by atoms with E-state index in [2.05, 4.69) is 5.32 Å². The number of carbonyl (C=O) groups is 3. The fraction of sp³-hybridized carbons (Fsp3) is 0.435. The molecule has 1 unspecified atom stereocenters. The Morgan fingerprint density at radius 1 is 1.06 bits per heavy atom. The van der Waals surface area contributed by atoms with Crippen LogP contribution in [0.1, 0.15) is 52.1 Å². The molecular formula is C23H26N2O6S2. The van der Waals surface area contributed by atoms with Gasteiger partial charge in [0.1, 0.15) is 0 Å². The minimum atomic E-state index is -3.14. The first-order chi connectivity index (χ1) is 15.8. The van der Waals surface area contributed by atoms with E-state index in [4.69, 9.17) is 4.74 Å². The molecule has 1 atom stereocenters. The molecule has 2 aromatic rings. The minimum absolute atomic E-state index is 0.00899. The first-order valence-electron chi connectivity index (χ1n) is 11.0. The summed E-state index contributed by atoms with van der Waals surface area (Å²) < 4.78 is 29.2. The number of benzene rings is 1. The van der Waals surface area contributed by atoms with E-state index in [0.29, 0.717) is 17.0 Å². The SMILES string of the molecule is O=C(OCC(=O)N(C1CCCC1)C1CCS(=O)(=O)C1)c1cccc(NC(=O)c2cccs2)c1. The number of ether oxygens (including phenoxy) is 1. The molecule has 2 amide bonds. The highest BCUT2D eigenvalue weighted by Gasteiger charge is 2.39. The Balaban J connectivity index is 1.38. The molecule has 0 spiro atoms. The Bertz CT molecular complexity index is 1120. The average molecular weight is 491 g/mol. The van der Waals surface area contributed by atoms with Gasteiger partial charge in [-0.05, 0) is 48.9 Å². The molecule has 33 heavy (non-hydrogen) atoms. The topological polar surface area (TPSA) is 110 Å². The highest BCUT2D eigenvalue weighted by atomic mass is 32.2. The largest absolute Gasteiger partial charge is 0.452 e. The second kappa shape index (κ2) is 10.0. The number of nitrogens with one attached hydrogen (secondary N) is 1. The van der Waals surface area contributed by atoms with Crippen LogP contribution in [-0.4, -0.2) is 61.3 Å². The molecule has 176 valence electrons. The number of carbonyl (C=O) groups excluding carboxylic acids is 3. The predicted molar refractivity (Wildman–Crippen MR) is 125 cm³/mol. The Kier molecular flexibility index (Phi) is 7.14. The van der Waals surface area contributed by atoms with Gasteiger partial charge in [-0.3, -0.25) is 9.59 Å². The highest BCUT2D eigenvalue weighted by molar-refractivity contribution is 7.91. The van der Waals surface area contributed by atoms with Crippen molar-refractivity contribution in [3.05, 3.63) is 52.2 Å². The first-order valence-corrected chi connectivity index (χ1v) is 13.7. The molecule has 1 aromatic heterocycles. The maximum atomic E-state index is 13.0. The van der Waals surface area contributed by atoms with Crippen molar-refractivity contribution < 1.29 is 27.5 Å². The van der Waals surface area contributed by atoms with Crippen molar-refractivity contribution in [2.75, 3.05) is 23.4 Å². The Morgan fingerprint density at radius 3 is 2.52 bits per heavy atom. The number of esters is 1. The molecule has 10 heteroatoms. The smallest absolute Gasteiger partial charge is 0.338 e. The van der Waals surface area contributed by atoms with Crippen LogP contribution >= 0.6 is 11.3 Å². The first kappa shape index (κ1) is 23.4. The van der Waals surface area contributed by atoms with Gasteiger partial charge in [0, 0.05) is 17.8 Å². The molecule has 2 fully saturated rings. The molecule has 2 aliphatic rings. The lowest BCUT2D eigenvalue weighted by Gasteiger charge is -2.33. The van der Waals surface area contributed by atoms with Gasteiger partial charge in [-0.25, -0.2) is 13.2 Å². The van der Waals surface area contributed by atoms with E-state index in [1.807, 2.05) is 0 Å². The lowest BCUT2D eigenvalue weighted by molar-refractivity contribution is -0.139. The van der Waals surface area contributed by atoms with Crippen LogP contribution in [0.15, 0.2) is 41.8 Å². The summed E-state index contributed by atoms with van der Waals surface area (Å²) >= 11 is 1.31. The predicted octanol–water partition coefficient (Wildman–Crippen LogP) is 3.12. The quantitative estimate of drug-likeness (QED) is 0.597. The zero-order valence-corrected chi connectivity index (χ0v) is 19.7. The fourth-order valence-corrected chi connectivity index (χ4v) is 6.82. The van der Waals surface area contributed by atoms with Crippen molar-refractivity contribution >= 4 is 44.6 Å². The normalized spacial score (nSPS) is 19.8. The van der Waals surface area contributed by atoms with Crippen molar-refractivity contribution in [3.8, 4) is 0 Å². The summed E-state index contributed by atoms with van der Waals surface area (Å²) in [4.78, 5) is 40.0. The number of hydrogen-bond acceptors (Lipinski definition) is 7. The van der Waals surface area contributed by atoms with Crippen LogP contribution in [0.5, 0.6) is 0 Å². The molecule has 1 saturated heterocycles. The van der Waals surface area contributed by atoms with Gasteiger partial charge in [-0.2, -0.15) is 0 Å². The van der Waals surface area contributed by atoms with Gasteiger partial charge in [0.2, 0.25) is 0 Å². The average Bonchev–Trinajstić information content (AvgIpc) is 3.55. The molecular weight excluding hydrogens is 464 g/mol. The molecule has 1 saturated carbocycles. The monoisotopic (exact) mass is 490 g/mol. The maximum absolute atomic E-state index is 13.0. The molecule has 1 aliphatic heterocycles. The summed E-state index contributed by atoms with van der Waals surface area (Å²) in [5.74, 6) is -1.27. The van der Waals surface area contributed by atoms with Crippen molar-refractivity contribution in [2.24, 2.45) is 0 Å². The van der Waals surface area contributed by atoms with E-state index >= 15 is 0 Å². The van der Waals surface area contributed by atoms with Crippen LogP contribution in [0.25, 0.3) is 0 Å². The number of amides is 2. The van der Waals surface area contributed by atoms with Crippen molar-refractivity contribution in [2.45, 2.75) is 44.2 Å². The summed E-state index contributed by atoms with van der Waals surface area (Å²) in [5.41, 5.74) is 0.653. The number of anilines is 1. The van der Waals surface area contributed by atoms with Crippen LogP contribution in [-0.2, 0) is 19.4 Å². The second-order valence-corrected chi connectivity index (χ2v) is 11.6. The summed E-state index contributed by atoms with van der Waals surface area (Å²) in [6.45, 7) is -0.447. The van der Waals surface area contributed by atoms with Crippen LogP contribution in [0.2, 0.25) is 0 Å². The molecule has 0 bridgehead atoms. The Morgan fingerprint density at radius 2 is 1.85 bits per heavy atom. The van der Waals surface area contributed by atoms with E-state index < -0.39 is 22.4 Å². The van der Waals surface area contributed by atoms with Gasteiger partial charge < -0.3 is 15.0 Å². The van der Waals surface area contributed by atoms with Gasteiger partial charge in [-0.15, -0.1) is 11.3 Å². The zero-order chi connectivity index (χ0) is 23.4. The number of rotatable bonds is 7. The minimum Gasteiger partial charge on any atom is -0.452 e.